The number of allylic oxidation sites excluding steroid dienone is 1. The molecule has 212 valence electrons. The number of aromatic nitrogens is 1. The van der Waals surface area contributed by atoms with Crippen molar-refractivity contribution in [3.63, 3.8) is 0 Å². The van der Waals surface area contributed by atoms with Crippen molar-refractivity contribution in [2.24, 2.45) is 4.99 Å². The van der Waals surface area contributed by atoms with E-state index in [4.69, 9.17) is 23.7 Å². The molecule has 0 saturated heterocycles. The van der Waals surface area contributed by atoms with E-state index >= 15 is 0 Å². The van der Waals surface area contributed by atoms with Crippen LogP contribution in [0.5, 0.6) is 23.0 Å². The minimum absolute atomic E-state index is 0.109. The molecule has 40 heavy (non-hydrogen) atoms. The Kier molecular flexibility index (Phi) is 9.05. The maximum atomic E-state index is 14.1. The van der Waals surface area contributed by atoms with Crippen LogP contribution in [0.3, 0.4) is 0 Å². The smallest absolute Gasteiger partial charge is 0.338 e. The summed E-state index contributed by atoms with van der Waals surface area (Å²) in [5.74, 6) is 1.49. The van der Waals surface area contributed by atoms with Crippen LogP contribution in [0, 0.1) is 0 Å². The number of hydrogen-bond donors (Lipinski definition) is 0. The summed E-state index contributed by atoms with van der Waals surface area (Å²) in [6.45, 7) is 7.49. The third-order valence-corrected chi connectivity index (χ3v) is 7.85. The third-order valence-electron chi connectivity index (χ3n) is 6.18. The van der Waals surface area contributed by atoms with Gasteiger partial charge in [0.1, 0.15) is 0 Å². The van der Waals surface area contributed by atoms with Crippen LogP contribution in [0.4, 0.5) is 0 Å². The van der Waals surface area contributed by atoms with Crippen molar-refractivity contribution in [2.45, 2.75) is 39.8 Å². The number of para-hydroxylation sites is 1. The number of thiazole rings is 1. The molecule has 0 amide bonds. The van der Waals surface area contributed by atoms with E-state index in [0.29, 0.717) is 53.6 Å². The number of carbonyl (C=O) groups excluding carboxylic acids is 1. The lowest BCUT2D eigenvalue weighted by atomic mass is 9.95. The molecule has 4 rings (SSSR count). The highest BCUT2D eigenvalue weighted by Crippen LogP contribution is 2.41. The second-order valence-electron chi connectivity index (χ2n) is 9.08. The monoisotopic (exact) mass is 630 g/mol. The van der Waals surface area contributed by atoms with E-state index in [1.807, 2.05) is 26.0 Å². The second-order valence-corrected chi connectivity index (χ2v) is 10.9. The number of methoxy groups -OCH3 is 3. The molecule has 0 unspecified atom stereocenters. The van der Waals surface area contributed by atoms with Crippen molar-refractivity contribution >= 4 is 39.3 Å². The Balaban J connectivity index is 2.02. The Morgan fingerprint density at radius 1 is 1.12 bits per heavy atom. The molecule has 3 aromatic rings. The van der Waals surface area contributed by atoms with E-state index in [2.05, 4.69) is 20.9 Å². The number of rotatable bonds is 9. The van der Waals surface area contributed by atoms with Crippen molar-refractivity contribution in [2.75, 3.05) is 27.9 Å². The van der Waals surface area contributed by atoms with E-state index in [1.165, 1.54) is 30.1 Å². The van der Waals surface area contributed by atoms with Gasteiger partial charge in [-0.2, -0.15) is 0 Å². The first-order valence-electron chi connectivity index (χ1n) is 12.6. The second kappa shape index (κ2) is 12.3. The number of esters is 1. The number of nitrogens with zero attached hydrogens (tertiary/aromatic N) is 2. The fourth-order valence-corrected chi connectivity index (χ4v) is 6.05. The minimum atomic E-state index is -0.830. The SMILES string of the molecule is CCOC(=O)C1=C(C)N=c2s/c(=C\c3cccc(OC)c3OC(C)C)c(=O)n2[C@H]1c1cc(OC)c(OC)cc1Br. The van der Waals surface area contributed by atoms with Crippen molar-refractivity contribution in [3.05, 3.63) is 76.9 Å². The summed E-state index contributed by atoms with van der Waals surface area (Å²) in [5.41, 5.74) is 1.71. The topological polar surface area (TPSA) is 97.6 Å². The first kappa shape index (κ1) is 29.4. The Bertz CT molecular complexity index is 1660. The normalized spacial score (nSPS) is 15.0. The number of carbonyl (C=O) groups is 1. The van der Waals surface area contributed by atoms with Crippen LogP contribution >= 0.6 is 27.3 Å². The minimum Gasteiger partial charge on any atom is -0.493 e. The molecule has 2 heterocycles. The number of benzene rings is 2. The van der Waals surface area contributed by atoms with Gasteiger partial charge in [0.05, 0.1) is 55.9 Å². The van der Waals surface area contributed by atoms with Gasteiger partial charge in [-0.15, -0.1) is 0 Å². The fourth-order valence-electron chi connectivity index (χ4n) is 4.48. The molecule has 0 radical (unpaired) electrons. The molecule has 1 aliphatic heterocycles. The summed E-state index contributed by atoms with van der Waals surface area (Å²) in [7, 11) is 4.64. The lowest BCUT2D eigenvalue weighted by Gasteiger charge is -2.26. The highest BCUT2D eigenvalue weighted by Gasteiger charge is 2.35. The van der Waals surface area contributed by atoms with Crippen molar-refractivity contribution < 1.29 is 28.5 Å². The number of fused-ring (bicyclic) bond motifs is 1. The molecule has 0 fully saturated rings. The van der Waals surface area contributed by atoms with Gasteiger partial charge < -0.3 is 23.7 Å². The van der Waals surface area contributed by atoms with Gasteiger partial charge in [0.25, 0.3) is 5.56 Å². The molecule has 11 heteroatoms. The van der Waals surface area contributed by atoms with E-state index in [9.17, 15) is 9.59 Å². The predicted octanol–water partition coefficient (Wildman–Crippen LogP) is 4.37. The first-order valence-corrected chi connectivity index (χ1v) is 14.2. The van der Waals surface area contributed by atoms with Gasteiger partial charge in [-0.25, -0.2) is 9.79 Å². The maximum absolute atomic E-state index is 14.1. The molecule has 9 nitrogen and oxygen atoms in total. The predicted molar refractivity (Wildman–Crippen MR) is 156 cm³/mol. The molecule has 0 aliphatic carbocycles. The third kappa shape index (κ3) is 5.53. The molecule has 2 aromatic carbocycles. The summed E-state index contributed by atoms with van der Waals surface area (Å²) in [6, 6.07) is 8.16. The Morgan fingerprint density at radius 3 is 2.42 bits per heavy atom. The zero-order chi connectivity index (χ0) is 29.1. The van der Waals surface area contributed by atoms with Gasteiger partial charge in [0, 0.05) is 10.0 Å². The lowest BCUT2D eigenvalue weighted by Crippen LogP contribution is -2.40. The van der Waals surface area contributed by atoms with E-state index in [1.54, 1.807) is 45.2 Å². The Hall–Kier alpha value is -3.57. The van der Waals surface area contributed by atoms with Gasteiger partial charge in [-0.3, -0.25) is 9.36 Å². The molecule has 0 N–H and O–H groups in total. The molecule has 1 aliphatic rings. The zero-order valence-electron chi connectivity index (χ0n) is 23.4. The van der Waals surface area contributed by atoms with Crippen LogP contribution in [0.2, 0.25) is 0 Å². The van der Waals surface area contributed by atoms with Crippen LogP contribution in [0.15, 0.2) is 55.9 Å². The quantitative estimate of drug-likeness (QED) is 0.324. The van der Waals surface area contributed by atoms with E-state index < -0.39 is 12.0 Å². The zero-order valence-corrected chi connectivity index (χ0v) is 25.8. The highest BCUT2D eigenvalue weighted by atomic mass is 79.9. The number of halogens is 1. The largest absolute Gasteiger partial charge is 0.493 e. The van der Waals surface area contributed by atoms with Crippen molar-refractivity contribution in [3.8, 4) is 23.0 Å². The van der Waals surface area contributed by atoms with Crippen LogP contribution < -0.4 is 33.8 Å². The summed E-state index contributed by atoms with van der Waals surface area (Å²) in [5, 5.41) is 0. The van der Waals surface area contributed by atoms with Crippen LogP contribution in [0.25, 0.3) is 6.08 Å². The van der Waals surface area contributed by atoms with Gasteiger partial charge >= 0.3 is 5.97 Å². The average Bonchev–Trinajstić information content (AvgIpc) is 3.22. The molecule has 0 saturated carbocycles. The summed E-state index contributed by atoms with van der Waals surface area (Å²) < 4.78 is 30.5. The number of hydrogen-bond acceptors (Lipinski definition) is 9. The first-order chi connectivity index (χ1) is 19.1. The molecular weight excluding hydrogens is 600 g/mol. The van der Waals surface area contributed by atoms with Gasteiger partial charge in [-0.05, 0) is 57.5 Å². The molecule has 0 spiro atoms. The average molecular weight is 632 g/mol. The van der Waals surface area contributed by atoms with Crippen LogP contribution in [0.1, 0.15) is 44.9 Å². The van der Waals surface area contributed by atoms with Crippen molar-refractivity contribution in [1.29, 1.82) is 0 Å². The maximum Gasteiger partial charge on any atom is 0.338 e. The Labute approximate surface area is 244 Å². The number of ether oxygens (including phenoxy) is 5. The van der Waals surface area contributed by atoms with Crippen LogP contribution in [-0.2, 0) is 9.53 Å². The van der Waals surface area contributed by atoms with E-state index in [-0.39, 0.29) is 23.8 Å². The molecule has 0 bridgehead atoms. The van der Waals surface area contributed by atoms with Crippen LogP contribution in [-0.4, -0.2) is 44.6 Å². The van der Waals surface area contributed by atoms with E-state index in [0.717, 1.165) is 0 Å². The van der Waals surface area contributed by atoms with Gasteiger partial charge in [0.15, 0.2) is 27.8 Å². The van der Waals surface area contributed by atoms with Crippen molar-refractivity contribution in [1.82, 2.24) is 4.57 Å². The molecular formula is C29H31BrN2O7S. The highest BCUT2D eigenvalue weighted by molar-refractivity contribution is 9.10. The summed E-state index contributed by atoms with van der Waals surface area (Å²) >= 11 is 4.84. The summed E-state index contributed by atoms with van der Waals surface area (Å²) in [6.07, 6.45) is 1.65. The van der Waals surface area contributed by atoms with Gasteiger partial charge in [0.2, 0.25) is 0 Å². The van der Waals surface area contributed by atoms with Gasteiger partial charge in [-0.1, -0.05) is 39.4 Å². The summed E-state index contributed by atoms with van der Waals surface area (Å²) in [4.78, 5) is 32.4. The fraction of sp³-hybridized carbons (Fsp3) is 0.345. The Morgan fingerprint density at radius 2 is 1.80 bits per heavy atom. The molecule has 1 aromatic heterocycles. The standard InChI is InChI=1S/C29H31BrN2O7S/c1-8-38-28(34)24-16(4)31-29-32(25(24)18-13-21(36-6)22(37-7)14-19(18)30)27(33)23(40-29)12-17-10-9-11-20(35-5)26(17)39-15(2)3/h9-15,25H,8H2,1-7H3/b23-12-/t25-/m0/s1. The molecule has 1 atom stereocenters. The lowest BCUT2D eigenvalue weighted by molar-refractivity contribution is -0.139.